The van der Waals surface area contributed by atoms with Crippen LogP contribution >= 0.6 is 22.9 Å². The minimum Gasteiger partial charge on any atom is -0.491 e. The van der Waals surface area contributed by atoms with Crippen molar-refractivity contribution in [2.45, 2.75) is 44.3 Å². The Labute approximate surface area is 248 Å². The number of rotatable bonds is 11. The summed E-state index contributed by atoms with van der Waals surface area (Å²) in [6.07, 6.45) is -3.40. The van der Waals surface area contributed by atoms with Crippen LogP contribution in [0.5, 0.6) is 5.75 Å². The quantitative estimate of drug-likeness (QED) is 0.208. The van der Waals surface area contributed by atoms with Gasteiger partial charge >= 0.3 is 0 Å². The molecular formula is C27H28ClF4N5O4S. The van der Waals surface area contributed by atoms with Crippen molar-refractivity contribution in [2.75, 3.05) is 33.4 Å². The number of hydrogen-bond donors (Lipinski definition) is 1. The highest BCUT2D eigenvalue weighted by atomic mass is 35.5. The third kappa shape index (κ3) is 6.72. The first-order valence-electron chi connectivity index (χ1n) is 13.2. The van der Waals surface area contributed by atoms with Crippen LogP contribution in [0.2, 0.25) is 5.02 Å². The fourth-order valence-corrected chi connectivity index (χ4v) is 6.11. The lowest BCUT2D eigenvalue weighted by atomic mass is 9.97. The van der Waals surface area contributed by atoms with Crippen LogP contribution in [0.1, 0.15) is 65.4 Å². The Bertz CT molecular complexity index is 1430. The molecule has 0 aliphatic carbocycles. The van der Waals surface area contributed by atoms with Gasteiger partial charge in [-0.3, -0.25) is 19.8 Å². The predicted octanol–water partition coefficient (Wildman–Crippen LogP) is 5.92. The summed E-state index contributed by atoms with van der Waals surface area (Å²) in [5, 5.41) is 6.83. The van der Waals surface area contributed by atoms with Gasteiger partial charge in [-0.25, -0.2) is 22.5 Å². The molecule has 9 nitrogen and oxygen atoms in total. The van der Waals surface area contributed by atoms with Crippen molar-refractivity contribution in [1.82, 2.24) is 25.1 Å². The average molecular weight is 630 g/mol. The van der Waals surface area contributed by atoms with E-state index in [1.807, 2.05) is 17.5 Å². The van der Waals surface area contributed by atoms with Crippen molar-refractivity contribution in [2.24, 2.45) is 0 Å². The molecule has 15 heteroatoms. The Morgan fingerprint density at radius 3 is 2.71 bits per heavy atom. The highest BCUT2D eigenvalue weighted by Gasteiger charge is 2.30. The number of hydroxylamine groups is 1. The topological polar surface area (TPSA) is 90.7 Å². The third-order valence-electron chi connectivity index (χ3n) is 7.01. The zero-order valence-corrected chi connectivity index (χ0v) is 24.0. The maximum absolute atomic E-state index is 13.3. The van der Waals surface area contributed by atoms with Gasteiger partial charge in [0.1, 0.15) is 36.4 Å². The molecule has 0 bridgehead atoms. The minimum absolute atomic E-state index is 0.0997. The smallest absolute Gasteiger partial charge is 0.282 e. The van der Waals surface area contributed by atoms with Crippen LogP contribution in [0.15, 0.2) is 35.7 Å². The van der Waals surface area contributed by atoms with E-state index >= 15 is 0 Å². The molecule has 1 amide bonds. The Balaban J connectivity index is 1.20. The first-order valence-corrected chi connectivity index (χ1v) is 14.4. The maximum atomic E-state index is 13.3. The van der Waals surface area contributed by atoms with Gasteiger partial charge in [-0.05, 0) is 37.1 Å². The van der Waals surface area contributed by atoms with Crippen molar-refractivity contribution in [1.29, 1.82) is 0 Å². The molecule has 1 aromatic carbocycles. The van der Waals surface area contributed by atoms with Crippen molar-refractivity contribution < 1.29 is 36.7 Å². The van der Waals surface area contributed by atoms with E-state index in [0.29, 0.717) is 77.6 Å². The second-order valence-corrected chi connectivity index (χ2v) is 11.0. The molecule has 3 aromatic rings. The lowest BCUT2D eigenvalue weighted by molar-refractivity contribution is -0.133. The normalized spacial score (nSPS) is 17.7. The Kier molecular flexibility index (Phi) is 9.66. The number of nitrogens with zero attached hydrogens (tertiary/aromatic N) is 4. The summed E-state index contributed by atoms with van der Waals surface area (Å²) in [6, 6.07) is 6.02. The van der Waals surface area contributed by atoms with E-state index < -0.39 is 42.8 Å². The molecule has 0 radical (unpaired) electrons. The van der Waals surface area contributed by atoms with E-state index in [1.54, 1.807) is 24.1 Å². The van der Waals surface area contributed by atoms with E-state index in [9.17, 15) is 22.4 Å². The van der Waals surface area contributed by atoms with Crippen LogP contribution in [0, 0.1) is 0 Å². The number of methoxy groups -OCH3 is 1. The molecule has 0 saturated carbocycles. The van der Waals surface area contributed by atoms with Crippen LogP contribution < -0.4 is 10.2 Å². The first-order chi connectivity index (χ1) is 20.2. The number of carbonyl (C=O) groups is 1. The number of nitrogens with one attached hydrogen (secondary N) is 1. The van der Waals surface area contributed by atoms with Crippen LogP contribution in [0.25, 0.3) is 5.70 Å². The molecule has 1 atom stereocenters. The number of hydrogen-bond acceptors (Lipinski definition) is 8. The van der Waals surface area contributed by atoms with Crippen LogP contribution in [0.3, 0.4) is 0 Å². The lowest BCUT2D eigenvalue weighted by Gasteiger charge is -2.31. The largest absolute Gasteiger partial charge is 0.491 e. The predicted molar refractivity (Wildman–Crippen MR) is 147 cm³/mol. The second kappa shape index (κ2) is 13.4. The molecule has 2 aromatic heterocycles. The third-order valence-corrected chi connectivity index (χ3v) is 8.35. The van der Waals surface area contributed by atoms with Gasteiger partial charge in [-0.1, -0.05) is 17.7 Å². The number of amides is 1. The number of ether oxygens (including phenoxy) is 2. The number of piperidine rings is 1. The lowest BCUT2D eigenvalue weighted by Crippen LogP contribution is -2.40. The number of aromatic nitrogens is 3. The molecule has 0 spiro atoms. The molecule has 1 unspecified atom stereocenters. The molecule has 1 N–H and O–H groups in total. The number of alkyl halides is 4. The Morgan fingerprint density at radius 2 is 2.00 bits per heavy atom. The van der Waals surface area contributed by atoms with Crippen LogP contribution in [0.4, 0.5) is 17.6 Å². The zero-order chi connectivity index (χ0) is 29.8. The maximum Gasteiger partial charge on any atom is 0.282 e. The number of thiazole rings is 1. The number of likely N-dealkylation sites (tertiary alicyclic amines) is 1. The van der Waals surface area contributed by atoms with Gasteiger partial charge in [0.05, 0.1) is 28.0 Å². The van der Waals surface area contributed by atoms with Crippen molar-refractivity contribution in [3.8, 4) is 5.75 Å². The molecule has 5 rings (SSSR count). The molecule has 4 heterocycles. The summed E-state index contributed by atoms with van der Waals surface area (Å²) in [7, 11) is 1.59. The summed E-state index contributed by atoms with van der Waals surface area (Å²) < 4.78 is 64.0. The number of halogens is 5. The monoisotopic (exact) mass is 629 g/mol. The minimum atomic E-state index is -3.02. The Hall–Kier alpha value is -3.20. The molecule has 42 heavy (non-hydrogen) atoms. The summed E-state index contributed by atoms with van der Waals surface area (Å²) in [5.41, 5.74) is 3.54. The van der Waals surface area contributed by atoms with Crippen molar-refractivity contribution >= 4 is 34.5 Å². The highest BCUT2D eigenvalue weighted by molar-refractivity contribution is 7.09. The molecule has 1 fully saturated rings. The number of carbonyl (C=O) groups excluding carboxylic acids is 1. The second-order valence-electron chi connectivity index (χ2n) is 9.69. The van der Waals surface area contributed by atoms with Gasteiger partial charge in [-0.15, -0.1) is 11.3 Å². The summed E-state index contributed by atoms with van der Waals surface area (Å²) >= 11 is 7.98. The molecule has 226 valence electrons. The molecule has 1 saturated heterocycles. The van der Waals surface area contributed by atoms with Crippen molar-refractivity contribution in [3.05, 3.63) is 68.4 Å². The standard InChI is InChI=1S/C27H28ClF4N5O4S/c1-39-9-10-40-21-4-2-3-16(28)24(21)22-12-17(35-41-22)19-14-42-27(33-19)15-5-7-36(8-6-15)23(38)13-37-20(26(31)32)11-18(34-37)25(29)30/h2-4,11-12,14-15,22,25-26,35H,5-10,13H2,1H3. The fourth-order valence-electron chi connectivity index (χ4n) is 4.84. The van der Waals surface area contributed by atoms with Gasteiger partial charge in [0, 0.05) is 37.1 Å². The van der Waals surface area contributed by atoms with Crippen molar-refractivity contribution in [3.63, 3.8) is 0 Å². The van der Waals surface area contributed by atoms with Gasteiger partial charge in [0.25, 0.3) is 12.9 Å². The SMILES string of the molecule is COCCOc1cccc(Cl)c1C1C=C(c2csc(C3CCN(C(=O)Cn4nc(C(F)F)cc4C(F)F)CC3)n2)NO1. The van der Waals surface area contributed by atoms with Gasteiger partial charge in [0.2, 0.25) is 5.91 Å². The summed E-state index contributed by atoms with van der Waals surface area (Å²) in [6.45, 7) is 1.04. The van der Waals surface area contributed by atoms with Gasteiger partial charge < -0.3 is 14.4 Å². The average Bonchev–Trinajstić information content (AvgIpc) is 3.73. The highest BCUT2D eigenvalue weighted by Crippen LogP contribution is 2.39. The summed E-state index contributed by atoms with van der Waals surface area (Å²) in [4.78, 5) is 24.9. The zero-order valence-electron chi connectivity index (χ0n) is 22.4. The van der Waals surface area contributed by atoms with Crippen LogP contribution in [-0.2, 0) is 20.9 Å². The molecular weight excluding hydrogens is 602 g/mol. The van der Waals surface area contributed by atoms with Gasteiger partial charge in [0.15, 0.2) is 0 Å². The van der Waals surface area contributed by atoms with Gasteiger partial charge in [-0.2, -0.15) is 5.10 Å². The summed E-state index contributed by atoms with van der Waals surface area (Å²) in [5.74, 6) is 0.243. The fraction of sp³-hybridized carbons (Fsp3) is 0.444. The Morgan fingerprint density at radius 1 is 1.21 bits per heavy atom. The molecule has 2 aliphatic rings. The van der Waals surface area contributed by atoms with E-state index in [-0.39, 0.29) is 5.92 Å². The van der Waals surface area contributed by atoms with E-state index in [2.05, 4.69) is 10.6 Å². The number of benzene rings is 1. The van der Waals surface area contributed by atoms with E-state index in [4.69, 9.17) is 30.9 Å². The molecule has 2 aliphatic heterocycles. The first kappa shape index (κ1) is 30.3. The van der Waals surface area contributed by atoms with Crippen LogP contribution in [-0.4, -0.2) is 59.0 Å². The van der Waals surface area contributed by atoms with E-state index in [0.717, 1.165) is 5.01 Å². The van der Waals surface area contributed by atoms with E-state index in [1.165, 1.54) is 11.3 Å².